The van der Waals surface area contributed by atoms with Crippen molar-refractivity contribution in [1.29, 1.82) is 0 Å². The molecule has 154 valence electrons. The van der Waals surface area contributed by atoms with E-state index in [2.05, 4.69) is 15.5 Å². The number of alkyl halides is 3. The van der Waals surface area contributed by atoms with Gasteiger partial charge in [0.05, 0.1) is 15.7 Å². The van der Waals surface area contributed by atoms with Crippen LogP contribution in [0.2, 0.25) is 0 Å². The molecular weight excluding hydrogens is 431 g/mol. The Balaban J connectivity index is 1.74. The van der Waals surface area contributed by atoms with Crippen LogP contribution in [0.25, 0.3) is 5.65 Å². The van der Waals surface area contributed by atoms with Gasteiger partial charge in [-0.15, -0.1) is 10.2 Å². The summed E-state index contributed by atoms with van der Waals surface area (Å²) < 4.78 is 62.4. The van der Waals surface area contributed by atoms with Gasteiger partial charge in [0.25, 0.3) is 0 Å². The first-order chi connectivity index (χ1) is 13.4. The molecule has 0 spiro atoms. The van der Waals surface area contributed by atoms with E-state index in [9.17, 15) is 26.4 Å². The molecule has 3 N–H and O–H groups in total. The number of benzene rings is 1. The zero-order chi connectivity index (χ0) is 21.4. The molecule has 1 amide bonds. The Morgan fingerprint density at radius 1 is 1.17 bits per heavy atom. The number of fused-ring (bicyclic) bond motifs is 1. The van der Waals surface area contributed by atoms with Crippen molar-refractivity contribution in [2.45, 2.75) is 28.4 Å². The van der Waals surface area contributed by atoms with Crippen molar-refractivity contribution < 1.29 is 26.4 Å². The normalized spacial score (nSPS) is 13.4. The Hall–Kier alpha value is -2.64. The molecule has 29 heavy (non-hydrogen) atoms. The van der Waals surface area contributed by atoms with Gasteiger partial charge in [-0.2, -0.15) is 13.2 Å². The zero-order valence-corrected chi connectivity index (χ0v) is 16.3. The number of sulfonamides is 1. The molecule has 0 fully saturated rings. The topological polar surface area (TPSA) is 119 Å². The lowest BCUT2D eigenvalue weighted by Gasteiger charge is -2.12. The molecule has 1 unspecified atom stereocenters. The standard InChI is InChI=1S/C16H14F3N5O3S2/c1-9(14(25)21-11-3-5-12(6-4-11)29(20,26)27)28-15-23-22-13-7-2-10(8-24(13)15)16(17,18)19/h2-9H,1H3,(H,21,25)(H2,20,26,27). The molecule has 0 saturated heterocycles. The van der Waals surface area contributed by atoms with Gasteiger partial charge >= 0.3 is 6.18 Å². The molecule has 0 aliphatic carbocycles. The summed E-state index contributed by atoms with van der Waals surface area (Å²) in [5, 5.41) is 14.6. The monoisotopic (exact) mass is 445 g/mol. The van der Waals surface area contributed by atoms with Crippen LogP contribution >= 0.6 is 11.8 Å². The molecule has 1 atom stereocenters. The summed E-state index contributed by atoms with van der Waals surface area (Å²) >= 11 is 0.928. The van der Waals surface area contributed by atoms with Gasteiger partial charge in [-0.25, -0.2) is 13.6 Å². The number of carbonyl (C=O) groups is 1. The van der Waals surface area contributed by atoms with Crippen LogP contribution in [0.5, 0.6) is 0 Å². The van der Waals surface area contributed by atoms with Crippen molar-refractivity contribution in [2.24, 2.45) is 5.14 Å². The first-order valence-corrected chi connectivity index (χ1v) is 10.4. The predicted octanol–water partition coefficient (Wildman–Crippen LogP) is 2.51. The quantitative estimate of drug-likeness (QED) is 0.583. The summed E-state index contributed by atoms with van der Waals surface area (Å²) in [6.07, 6.45) is -3.65. The number of halogens is 3. The lowest BCUT2D eigenvalue weighted by molar-refractivity contribution is -0.137. The summed E-state index contributed by atoms with van der Waals surface area (Å²) in [4.78, 5) is 12.3. The lowest BCUT2D eigenvalue weighted by atomic mass is 10.3. The van der Waals surface area contributed by atoms with E-state index in [0.29, 0.717) is 5.69 Å². The van der Waals surface area contributed by atoms with Gasteiger partial charge in [0.1, 0.15) is 0 Å². The summed E-state index contributed by atoms with van der Waals surface area (Å²) in [5.74, 6) is -0.456. The van der Waals surface area contributed by atoms with Gasteiger partial charge in [0, 0.05) is 11.9 Å². The summed E-state index contributed by atoms with van der Waals surface area (Å²) in [5.41, 5.74) is -0.314. The maximum absolute atomic E-state index is 12.9. The number of hydrogen-bond donors (Lipinski definition) is 2. The van der Waals surface area contributed by atoms with Crippen molar-refractivity contribution in [2.75, 3.05) is 5.32 Å². The van der Waals surface area contributed by atoms with Crippen molar-refractivity contribution >= 4 is 39.0 Å². The Bertz CT molecular complexity index is 1160. The highest BCUT2D eigenvalue weighted by Crippen LogP contribution is 2.31. The lowest BCUT2D eigenvalue weighted by Crippen LogP contribution is -2.22. The van der Waals surface area contributed by atoms with Crippen molar-refractivity contribution in [3.05, 3.63) is 48.2 Å². The maximum Gasteiger partial charge on any atom is 0.417 e. The minimum Gasteiger partial charge on any atom is -0.325 e. The fraction of sp³-hybridized carbons (Fsp3) is 0.188. The number of pyridine rings is 1. The Morgan fingerprint density at radius 2 is 1.83 bits per heavy atom. The molecule has 0 aliphatic rings. The minimum absolute atomic E-state index is 0.103. The van der Waals surface area contributed by atoms with E-state index in [1.165, 1.54) is 30.3 Å². The number of nitrogens with zero attached hydrogens (tertiary/aromatic N) is 3. The third-order valence-corrected chi connectivity index (χ3v) is 5.79. The van der Waals surface area contributed by atoms with Crippen LogP contribution < -0.4 is 10.5 Å². The van der Waals surface area contributed by atoms with E-state index in [4.69, 9.17) is 5.14 Å². The van der Waals surface area contributed by atoms with Gasteiger partial charge in [-0.05, 0) is 43.3 Å². The molecule has 3 rings (SSSR count). The number of rotatable bonds is 5. The molecule has 0 radical (unpaired) electrons. The highest BCUT2D eigenvalue weighted by molar-refractivity contribution is 8.00. The van der Waals surface area contributed by atoms with Gasteiger partial charge in [-0.3, -0.25) is 9.20 Å². The van der Waals surface area contributed by atoms with Crippen LogP contribution in [0, 0.1) is 0 Å². The number of primary sulfonamides is 1. The van der Waals surface area contributed by atoms with Gasteiger partial charge < -0.3 is 5.32 Å². The van der Waals surface area contributed by atoms with Crippen LogP contribution in [0.1, 0.15) is 12.5 Å². The Labute approximate surface area is 167 Å². The average molecular weight is 445 g/mol. The fourth-order valence-corrected chi connectivity index (χ4v) is 3.65. The Kier molecular flexibility index (Phi) is 5.56. The number of aromatic nitrogens is 3. The van der Waals surface area contributed by atoms with E-state index in [1.807, 2.05) is 0 Å². The molecule has 3 aromatic rings. The molecular formula is C16H14F3N5O3S2. The van der Waals surface area contributed by atoms with E-state index in [0.717, 1.165) is 28.4 Å². The van der Waals surface area contributed by atoms with Crippen LogP contribution in [-0.4, -0.2) is 34.2 Å². The minimum atomic E-state index is -4.52. The highest BCUT2D eigenvalue weighted by Gasteiger charge is 2.31. The molecule has 0 aliphatic heterocycles. The number of nitrogens with one attached hydrogen (secondary N) is 1. The second-order valence-corrected chi connectivity index (χ2v) is 8.81. The SMILES string of the molecule is CC(Sc1nnc2ccc(C(F)(F)F)cn12)C(=O)Nc1ccc(S(N)(=O)=O)cc1. The summed E-state index contributed by atoms with van der Waals surface area (Å²) in [6.45, 7) is 1.55. The molecule has 2 heterocycles. The van der Waals surface area contributed by atoms with Crippen molar-refractivity contribution in [3.8, 4) is 0 Å². The molecule has 13 heteroatoms. The second kappa shape index (κ2) is 7.65. The number of carbonyl (C=O) groups excluding carboxylic acids is 1. The third kappa shape index (κ3) is 4.86. The molecule has 0 bridgehead atoms. The van der Waals surface area contributed by atoms with Gasteiger partial charge in [0.15, 0.2) is 10.8 Å². The van der Waals surface area contributed by atoms with E-state index in [1.54, 1.807) is 6.92 Å². The average Bonchev–Trinajstić information content (AvgIpc) is 3.03. The van der Waals surface area contributed by atoms with Crippen LogP contribution in [-0.2, 0) is 21.0 Å². The summed E-state index contributed by atoms with van der Waals surface area (Å²) in [6, 6.07) is 7.33. The van der Waals surface area contributed by atoms with Crippen LogP contribution in [0.4, 0.5) is 18.9 Å². The molecule has 1 aromatic carbocycles. The molecule has 8 nitrogen and oxygen atoms in total. The third-order valence-electron chi connectivity index (χ3n) is 3.80. The smallest absolute Gasteiger partial charge is 0.325 e. The van der Waals surface area contributed by atoms with E-state index < -0.39 is 32.9 Å². The first kappa shape index (κ1) is 21.1. The Morgan fingerprint density at radius 3 is 2.41 bits per heavy atom. The molecule has 0 saturated carbocycles. The van der Waals surface area contributed by atoms with Gasteiger partial charge in [0.2, 0.25) is 15.9 Å². The zero-order valence-electron chi connectivity index (χ0n) is 14.7. The number of nitrogens with two attached hydrogens (primary N) is 1. The first-order valence-electron chi connectivity index (χ1n) is 7.97. The second-order valence-electron chi connectivity index (χ2n) is 5.95. The van der Waals surface area contributed by atoms with Crippen molar-refractivity contribution in [3.63, 3.8) is 0 Å². The summed E-state index contributed by atoms with van der Waals surface area (Å²) in [7, 11) is -3.85. The fourth-order valence-electron chi connectivity index (χ4n) is 2.30. The largest absolute Gasteiger partial charge is 0.417 e. The van der Waals surface area contributed by atoms with Crippen LogP contribution in [0.15, 0.2) is 52.6 Å². The highest BCUT2D eigenvalue weighted by atomic mass is 32.2. The number of anilines is 1. The van der Waals surface area contributed by atoms with E-state index in [-0.39, 0.29) is 15.7 Å². The van der Waals surface area contributed by atoms with Crippen molar-refractivity contribution in [1.82, 2.24) is 14.6 Å². The molecule has 2 aromatic heterocycles. The van der Waals surface area contributed by atoms with Gasteiger partial charge in [-0.1, -0.05) is 11.8 Å². The number of thioether (sulfide) groups is 1. The predicted molar refractivity (Wildman–Crippen MR) is 99.8 cm³/mol. The van der Waals surface area contributed by atoms with E-state index >= 15 is 0 Å². The number of hydrogen-bond acceptors (Lipinski definition) is 6. The maximum atomic E-state index is 12.9. The van der Waals surface area contributed by atoms with Crippen LogP contribution in [0.3, 0.4) is 0 Å². The number of amides is 1.